The molecule has 2 aliphatic rings. The van der Waals surface area contributed by atoms with Crippen molar-refractivity contribution in [2.45, 2.75) is 25.0 Å². The van der Waals surface area contributed by atoms with Gasteiger partial charge in [0.25, 0.3) is 0 Å². The minimum Gasteiger partial charge on any atom is -0.445 e. The molecule has 2 aliphatic heterocycles. The lowest BCUT2D eigenvalue weighted by Gasteiger charge is -2.34. The molecule has 2 atom stereocenters. The van der Waals surface area contributed by atoms with Crippen molar-refractivity contribution < 1.29 is 17.7 Å². The highest BCUT2D eigenvalue weighted by Gasteiger charge is 2.35. The lowest BCUT2D eigenvalue weighted by atomic mass is 9.80. The molecule has 2 bridgehead atoms. The van der Waals surface area contributed by atoms with Crippen LogP contribution in [0.15, 0.2) is 12.1 Å². The van der Waals surface area contributed by atoms with Gasteiger partial charge in [0.1, 0.15) is 0 Å². The minimum atomic E-state index is -4.89. The number of hydrogen-bond donors (Lipinski definition) is 0. The van der Waals surface area contributed by atoms with Crippen LogP contribution in [0.2, 0.25) is 0 Å². The molecular weight excluding hydrogens is 206 g/mol. The van der Waals surface area contributed by atoms with Gasteiger partial charge in [0.15, 0.2) is 0 Å². The minimum absolute atomic E-state index is 0.0557. The van der Waals surface area contributed by atoms with E-state index < -0.39 is 12.4 Å². The van der Waals surface area contributed by atoms with Gasteiger partial charge in [0.05, 0.1) is 12.2 Å². The number of hydrogen-bond acceptors (Lipinski definition) is 2. The highest BCUT2D eigenvalue weighted by molar-refractivity contribution is 6.66. The van der Waals surface area contributed by atoms with Crippen LogP contribution in [-0.2, 0) is 4.74 Å². The van der Waals surface area contributed by atoms with Crippen molar-refractivity contribution in [1.82, 2.24) is 4.90 Å². The maximum absolute atomic E-state index is 12.3. The largest absolute Gasteiger partial charge is 0.506 e. The van der Waals surface area contributed by atoms with Crippen molar-refractivity contribution in [3.63, 3.8) is 0 Å². The topological polar surface area (TPSA) is 12.5 Å². The van der Waals surface area contributed by atoms with Crippen molar-refractivity contribution in [2.75, 3.05) is 19.6 Å². The molecule has 0 aromatic heterocycles. The fourth-order valence-corrected chi connectivity index (χ4v) is 2.22. The molecule has 0 aromatic carbocycles. The third-order valence-electron chi connectivity index (χ3n) is 3.01. The van der Waals surface area contributed by atoms with E-state index in [0.717, 1.165) is 12.8 Å². The fraction of sp³-hybridized carbons (Fsp3) is 0.778. The van der Waals surface area contributed by atoms with Crippen LogP contribution < -0.4 is 0 Å². The van der Waals surface area contributed by atoms with E-state index in [9.17, 15) is 12.9 Å². The van der Waals surface area contributed by atoms with E-state index in [4.69, 9.17) is 4.74 Å². The first-order chi connectivity index (χ1) is 6.95. The van der Waals surface area contributed by atoms with Gasteiger partial charge in [-0.15, -0.1) is 12.1 Å². The van der Waals surface area contributed by atoms with Gasteiger partial charge in [0.2, 0.25) is 0 Å². The van der Waals surface area contributed by atoms with Gasteiger partial charge >= 0.3 is 6.98 Å². The lowest BCUT2D eigenvalue weighted by Crippen LogP contribution is -2.45. The highest BCUT2D eigenvalue weighted by atomic mass is 19.4. The Labute approximate surface area is 87.1 Å². The molecule has 2 fully saturated rings. The van der Waals surface area contributed by atoms with Crippen LogP contribution in [0.5, 0.6) is 0 Å². The number of morpholine rings is 1. The predicted molar refractivity (Wildman–Crippen MR) is 52.6 cm³/mol. The van der Waals surface area contributed by atoms with E-state index in [1.165, 1.54) is 0 Å². The Balaban J connectivity index is 1.88. The predicted octanol–water partition coefficient (Wildman–Crippen LogP) is 1.79. The number of ether oxygens (including phenoxy) is 1. The molecule has 0 aromatic rings. The van der Waals surface area contributed by atoms with Gasteiger partial charge in [-0.05, 0) is 19.4 Å². The molecule has 0 N–H and O–H groups in total. The quantitative estimate of drug-likeness (QED) is 0.672. The maximum atomic E-state index is 12.3. The fourth-order valence-electron chi connectivity index (χ4n) is 2.22. The second kappa shape index (κ2) is 3.83. The number of rotatable bonds is 3. The number of likely N-dealkylation sites (tertiary alicyclic amines) is 1. The van der Waals surface area contributed by atoms with Crippen LogP contribution in [0.1, 0.15) is 12.8 Å². The van der Waals surface area contributed by atoms with Crippen molar-refractivity contribution >= 4 is 6.98 Å². The summed E-state index contributed by atoms with van der Waals surface area (Å²) in [6.45, 7) is -0.606. The molecule has 2 heterocycles. The second-order valence-corrected chi connectivity index (χ2v) is 4.38. The van der Waals surface area contributed by atoms with E-state index in [1.807, 2.05) is 4.90 Å². The van der Waals surface area contributed by atoms with E-state index in [2.05, 4.69) is 6.58 Å². The van der Waals surface area contributed by atoms with Crippen LogP contribution in [-0.4, -0.2) is 43.7 Å². The zero-order chi connectivity index (χ0) is 11.1. The Morgan fingerprint density at radius 1 is 1.27 bits per heavy atom. The first-order valence-electron chi connectivity index (χ1n) is 5.20. The number of fused-ring (bicyclic) bond motifs is 2. The summed E-state index contributed by atoms with van der Waals surface area (Å²) in [6.07, 6.45) is 2.23. The maximum Gasteiger partial charge on any atom is 0.506 e. The number of nitrogens with zero attached hydrogens (tertiary/aromatic N) is 1. The molecule has 0 aliphatic carbocycles. The summed E-state index contributed by atoms with van der Waals surface area (Å²) in [6, 6.07) is 0. The summed E-state index contributed by atoms with van der Waals surface area (Å²) in [5.41, 5.74) is -0.601. The zero-order valence-corrected chi connectivity index (χ0v) is 8.46. The Bertz CT molecular complexity index is 257. The van der Waals surface area contributed by atoms with Gasteiger partial charge in [-0.1, -0.05) is 0 Å². The summed E-state index contributed by atoms with van der Waals surface area (Å²) in [4.78, 5) is 1.81. The standard InChI is InChI=1S/C9H14BF3NO/c1-7(10(11,12)13)4-14-5-8-2-3-9(6-14)15-8/h8-9H,1-6H2/q-1. The molecule has 0 radical (unpaired) electrons. The lowest BCUT2D eigenvalue weighted by molar-refractivity contribution is -0.0349. The van der Waals surface area contributed by atoms with Gasteiger partial charge in [-0.25, -0.2) is 0 Å². The third kappa shape index (κ3) is 2.55. The molecule has 2 saturated heterocycles. The van der Waals surface area contributed by atoms with Crippen molar-refractivity contribution in [3.05, 3.63) is 12.1 Å². The molecule has 0 spiro atoms. The third-order valence-corrected chi connectivity index (χ3v) is 3.01. The normalized spacial score (nSPS) is 31.9. The molecule has 6 heteroatoms. The molecule has 2 rings (SSSR count). The molecule has 0 amide bonds. The highest BCUT2D eigenvalue weighted by Crippen LogP contribution is 2.28. The van der Waals surface area contributed by atoms with Crippen molar-refractivity contribution in [2.24, 2.45) is 0 Å². The number of halogens is 3. The van der Waals surface area contributed by atoms with Crippen LogP contribution in [0.4, 0.5) is 12.9 Å². The average Bonchev–Trinajstić information content (AvgIpc) is 2.44. The summed E-state index contributed by atoms with van der Waals surface area (Å²) in [7, 11) is 0. The van der Waals surface area contributed by atoms with E-state index in [0.29, 0.717) is 13.1 Å². The molecular formula is C9H14BF3NO-. The Kier molecular flexibility index (Phi) is 2.81. The van der Waals surface area contributed by atoms with Crippen LogP contribution >= 0.6 is 0 Å². The summed E-state index contributed by atoms with van der Waals surface area (Å²) >= 11 is 0. The molecule has 86 valence electrons. The van der Waals surface area contributed by atoms with Gasteiger partial charge in [-0.2, -0.15) is 0 Å². The van der Waals surface area contributed by atoms with Crippen molar-refractivity contribution in [3.8, 4) is 0 Å². The smallest absolute Gasteiger partial charge is 0.445 e. The Morgan fingerprint density at radius 3 is 2.27 bits per heavy atom. The van der Waals surface area contributed by atoms with Crippen LogP contribution in [0.3, 0.4) is 0 Å². The van der Waals surface area contributed by atoms with E-state index in [1.54, 1.807) is 0 Å². The first kappa shape index (κ1) is 11.0. The molecule has 15 heavy (non-hydrogen) atoms. The first-order valence-corrected chi connectivity index (χ1v) is 5.20. The summed E-state index contributed by atoms with van der Waals surface area (Å²) in [5.74, 6) is 0. The summed E-state index contributed by atoms with van der Waals surface area (Å²) < 4.78 is 42.5. The molecule has 0 saturated carbocycles. The van der Waals surface area contributed by atoms with Crippen LogP contribution in [0.25, 0.3) is 0 Å². The monoisotopic (exact) mass is 220 g/mol. The average molecular weight is 220 g/mol. The Morgan fingerprint density at radius 2 is 1.80 bits per heavy atom. The SMILES string of the molecule is C=C(CN1CC2CCC(C1)O2)[B-](F)(F)F. The van der Waals surface area contributed by atoms with E-state index in [-0.39, 0.29) is 18.8 Å². The van der Waals surface area contributed by atoms with Gasteiger partial charge in [0, 0.05) is 13.1 Å². The van der Waals surface area contributed by atoms with Gasteiger partial charge < -0.3 is 17.7 Å². The van der Waals surface area contributed by atoms with Gasteiger partial charge in [-0.3, -0.25) is 4.90 Å². The van der Waals surface area contributed by atoms with Crippen molar-refractivity contribution in [1.29, 1.82) is 0 Å². The second-order valence-electron chi connectivity index (χ2n) is 4.38. The Hall–Kier alpha value is -0.485. The molecule has 2 unspecified atom stereocenters. The van der Waals surface area contributed by atoms with E-state index >= 15 is 0 Å². The zero-order valence-electron chi connectivity index (χ0n) is 8.46. The molecule has 2 nitrogen and oxygen atoms in total. The van der Waals surface area contributed by atoms with Crippen LogP contribution in [0, 0.1) is 0 Å². The summed E-state index contributed by atoms with van der Waals surface area (Å²) in [5, 5.41) is 0.